The summed E-state index contributed by atoms with van der Waals surface area (Å²) in [5.74, 6) is 2.75. The maximum absolute atomic E-state index is 4.57. The Morgan fingerprint density at radius 3 is 2.74 bits per heavy atom. The van der Waals surface area contributed by atoms with E-state index in [1.807, 2.05) is 30.8 Å². The molecule has 3 aromatic heterocycles. The highest BCUT2D eigenvalue weighted by Crippen LogP contribution is 2.21. The van der Waals surface area contributed by atoms with Gasteiger partial charge in [0.05, 0.1) is 12.2 Å². The molecule has 4 heterocycles. The van der Waals surface area contributed by atoms with Gasteiger partial charge in [-0.2, -0.15) is 10.2 Å². The zero-order valence-electron chi connectivity index (χ0n) is 13.4. The highest BCUT2D eigenvalue weighted by Gasteiger charge is 2.21. The molecule has 4 rings (SSSR count). The number of rotatable bonds is 3. The van der Waals surface area contributed by atoms with Crippen molar-refractivity contribution in [1.82, 2.24) is 34.7 Å². The van der Waals surface area contributed by atoms with Gasteiger partial charge in [0.2, 0.25) is 0 Å². The van der Waals surface area contributed by atoms with Gasteiger partial charge in [0.25, 0.3) is 0 Å². The second-order valence-corrected chi connectivity index (χ2v) is 5.97. The summed E-state index contributed by atoms with van der Waals surface area (Å²) >= 11 is 0. The van der Waals surface area contributed by atoms with Crippen LogP contribution in [0, 0.1) is 13.8 Å². The molecule has 1 N–H and O–H groups in total. The molecule has 0 atom stereocenters. The van der Waals surface area contributed by atoms with Crippen molar-refractivity contribution in [2.24, 2.45) is 0 Å². The summed E-state index contributed by atoms with van der Waals surface area (Å²) in [4.78, 5) is 13.7. The molecular weight excluding hydrogens is 292 g/mol. The number of hydrogen-bond acceptors (Lipinski definition) is 6. The minimum atomic E-state index is 0.793. The SMILES string of the molecule is Cc1cc2c(N3CCN(Cc4n[nH]c(C)n4)CC3)nccn2n1. The van der Waals surface area contributed by atoms with Gasteiger partial charge in [0.1, 0.15) is 11.3 Å². The Bertz CT molecular complexity index is 812. The lowest BCUT2D eigenvalue weighted by molar-refractivity contribution is 0.244. The van der Waals surface area contributed by atoms with E-state index in [-0.39, 0.29) is 0 Å². The molecule has 0 radical (unpaired) electrons. The summed E-state index contributed by atoms with van der Waals surface area (Å²) in [5.41, 5.74) is 2.08. The van der Waals surface area contributed by atoms with Crippen molar-refractivity contribution in [1.29, 1.82) is 0 Å². The summed E-state index contributed by atoms with van der Waals surface area (Å²) < 4.78 is 1.90. The molecule has 0 aliphatic carbocycles. The molecule has 0 spiro atoms. The Labute approximate surface area is 134 Å². The monoisotopic (exact) mass is 312 g/mol. The van der Waals surface area contributed by atoms with Crippen LogP contribution in [0.25, 0.3) is 5.52 Å². The number of fused-ring (bicyclic) bond motifs is 1. The van der Waals surface area contributed by atoms with Crippen LogP contribution >= 0.6 is 0 Å². The van der Waals surface area contributed by atoms with Crippen molar-refractivity contribution >= 4 is 11.3 Å². The maximum atomic E-state index is 4.57. The third kappa shape index (κ3) is 2.77. The second-order valence-electron chi connectivity index (χ2n) is 5.97. The van der Waals surface area contributed by atoms with Gasteiger partial charge in [-0.05, 0) is 19.9 Å². The predicted octanol–water partition coefficient (Wildman–Crippen LogP) is 0.786. The average molecular weight is 312 g/mol. The molecule has 1 aliphatic rings. The summed E-state index contributed by atoms with van der Waals surface area (Å²) in [7, 11) is 0. The minimum Gasteiger partial charge on any atom is -0.352 e. The molecule has 3 aromatic rings. The lowest BCUT2D eigenvalue weighted by Gasteiger charge is -2.34. The van der Waals surface area contributed by atoms with Gasteiger partial charge in [-0.15, -0.1) is 0 Å². The van der Waals surface area contributed by atoms with Crippen LogP contribution in [0.1, 0.15) is 17.3 Å². The normalized spacial score (nSPS) is 16.3. The van der Waals surface area contributed by atoms with Crippen molar-refractivity contribution < 1.29 is 0 Å². The smallest absolute Gasteiger partial charge is 0.164 e. The van der Waals surface area contributed by atoms with E-state index < -0.39 is 0 Å². The molecule has 0 bridgehead atoms. The van der Waals surface area contributed by atoms with E-state index in [0.29, 0.717) is 0 Å². The number of hydrogen-bond donors (Lipinski definition) is 1. The van der Waals surface area contributed by atoms with Crippen LogP contribution in [0.5, 0.6) is 0 Å². The second kappa shape index (κ2) is 5.62. The van der Waals surface area contributed by atoms with Gasteiger partial charge in [-0.25, -0.2) is 14.5 Å². The van der Waals surface area contributed by atoms with Crippen molar-refractivity contribution in [3.8, 4) is 0 Å². The first-order valence-corrected chi connectivity index (χ1v) is 7.85. The van der Waals surface area contributed by atoms with E-state index in [1.54, 1.807) is 0 Å². The third-order valence-corrected chi connectivity index (χ3v) is 4.17. The molecule has 1 fully saturated rings. The number of nitrogens with one attached hydrogen (secondary N) is 1. The molecule has 23 heavy (non-hydrogen) atoms. The molecule has 0 saturated carbocycles. The fourth-order valence-corrected chi connectivity index (χ4v) is 3.05. The van der Waals surface area contributed by atoms with Gasteiger partial charge >= 0.3 is 0 Å². The molecule has 0 amide bonds. The van der Waals surface area contributed by atoms with Crippen LogP contribution < -0.4 is 4.90 Å². The number of nitrogens with zero attached hydrogens (tertiary/aromatic N) is 7. The fourth-order valence-electron chi connectivity index (χ4n) is 3.05. The summed E-state index contributed by atoms with van der Waals surface area (Å²) in [6.45, 7) is 8.57. The largest absolute Gasteiger partial charge is 0.352 e. The first-order chi connectivity index (χ1) is 11.2. The lowest BCUT2D eigenvalue weighted by Crippen LogP contribution is -2.46. The third-order valence-electron chi connectivity index (χ3n) is 4.17. The van der Waals surface area contributed by atoms with Crippen molar-refractivity contribution in [3.05, 3.63) is 35.8 Å². The van der Waals surface area contributed by atoms with E-state index in [0.717, 1.165) is 61.4 Å². The summed E-state index contributed by atoms with van der Waals surface area (Å²) in [6.07, 6.45) is 3.71. The summed E-state index contributed by atoms with van der Waals surface area (Å²) in [6, 6.07) is 2.09. The molecule has 0 unspecified atom stereocenters. The number of anilines is 1. The van der Waals surface area contributed by atoms with Gasteiger partial charge in [-0.1, -0.05) is 0 Å². The van der Waals surface area contributed by atoms with Gasteiger partial charge in [0.15, 0.2) is 11.6 Å². The average Bonchev–Trinajstić information content (AvgIpc) is 3.12. The van der Waals surface area contributed by atoms with E-state index in [2.05, 4.69) is 41.1 Å². The van der Waals surface area contributed by atoms with Gasteiger partial charge in [0, 0.05) is 38.6 Å². The molecule has 1 saturated heterocycles. The van der Waals surface area contributed by atoms with Gasteiger partial charge < -0.3 is 4.90 Å². The Balaban J connectivity index is 1.46. The van der Waals surface area contributed by atoms with Crippen LogP contribution in [-0.4, -0.2) is 60.9 Å². The highest BCUT2D eigenvalue weighted by molar-refractivity contribution is 5.69. The van der Waals surface area contributed by atoms with E-state index in [1.165, 1.54) is 0 Å². The molecule has 8 heteroatoms. The Morgan fingerprint density at radius 2 is 2.00 bits per heavy atom. The Hall–Kier alpha value is -2.48. The predicted molar refractivity (Wildman–Crippen MR) is 86.3 cm³/mol. The van der Waals surface area contributed by atoms with E-state index in [9.17, 15) is 0 Å². The van der Waals surface area contributed by atoms with Crippen LogP contribution in [0.3, 0.4) is 0 Å². The molecular formula is C15H20N8. The fraction of sp³-hybridized carbons (Fsp3) is 0.467. The minimum absolute atomic E-state index is 0.793. The van der Waals surface area contributed by atoms with Crippen molar-refractivity contribution in [2.45, 2.75) is 20.4 Å². The molecule has 120 valence electrons. The first kappa shape index (κ1) is 14.1. The highest BCUT2D eigenvalue weighted by atomic mass is 15.3. The lowest BCUT2D eigenvalue weighted by atomic mass is 10.3. The summed E-state index contributed by atoms with van der Waals surface area (Å²) in [5, 5.41) is 11.6. The van der Waals surface area contributed by atoms with Crippen LogP contribution in [0.2, 0.25) is 0 Å². The number of piperazine rings is 1. The number of aryl methyl sites for hydroxylation is 2. The van der Waals surface area contributed by atoms with Crippen molar-refractivity contribution in [2.75, 3.05) is 31.1 Å². The number of H-pyrrole nitrogens is 1. The molecule has 1 aliphatic heterocycles. The Kier molecular flexibility index (Phi) is 3.45. The first-order valence-electron chi connectivity index (χ1n) is 7.85. The quantitative estimate of drug-likeness (QED) is 0.770. The number of aromatic nitrogens is 6. The van der Waals surface area contributed by atoms with Crippen molar-refractivity contribution in [3.63, 3.8) is 0 Å². The Morgan fingerprint density at radius 1 is 1.17 bits per heavy atom. The van der Waals surface area contributed by atoms with E-state index >= 15 is 0 Å². The van der Waals surface area contributed by atoms with Gasteiger partial charge in [-0.3, -0.25) is 10.00 Å². The van der Waals surface area contributed by atoms with E-state index in [4.69, 9.17) is 0 Å². The van der Waals surface area contributed by atoms with Crippen LogP contribution in [0.15, 0.2) is 18.5 Å². The maximum Gasteiger partial charge on any atom is 0.164 e. The number of aromatic amines is 1. The molecule has 8 nitrogen and oxygen atoms in total. The van der Waals surface area contributed by atoms with Crippen LogP contribution in [0.4, 0.5) is 5.82 Å². The topological polar surface area (TPSA) is 78.2 Å². The zero-order chi connectivity index (χ0) is 15.8. The zero-order valence-corrected chi connectivity index (χ0v) is 13.4. The molecule has 0 aromatic carbocycles. The van der Waals surface area contributed by atoms with Crippen LogP contribution in [-0.2, 0) is 6.54 Å². The standard InChI is InChI=1S/C15H20N8/c1-11-9-13-15(16-3-4-23(13)20-11)22-7-5-21(6-8-22)10-14-17-12(2)18-19-14/h3-4,9H,5-8,10H2,1-2H3,(H,17,18,19).